The van der Waals surface area contributed by atoms with Crippen molar-refractivity contribution in [2.45, 2.75) is 12.1 Å². The third-order valence-corrected chi connectivity index (χ3v) is 2.99. The molecule has 0 bridgehead atoms. The number of benzene rings is 1. The van der Waals surface area contributed by atoms with E-state index in [0.717, 1.165) is 0 Å². The number of fused-ring (bicyclic) bond motifs is 1. The summed E-state index contributed by atoms with van der Waals surface area (Å²) < 4.78 is 24.1. The zero-order valence-electron chi connectivity index (χ0n) is 9.82. The van der Waals surface area contributed by atoms with E-state index < -0.39 is 23.8 Å². The SMILES string of the molecule is COc1cc2c(cc1OC)C(=O)C(F)(C(=O)O)C2. The van der Waals surface area contributed by atoms with Crippen molar-refractivity contribution in [1.29, 1.82) is 0 Å². The lowest BCUT2D eigenvalue weighted by Gasteiger charge is -2.09. The first-order valence-electron chi connectivity index (χ1n) is 5.16. The highest BCUT2D eigenvalue weighted by Crippen LogP contribution is 2.39. The third-order valence-electron chi connectivity index (χ3n) is 2.99. The van der Waals surface area contributed by atoms with E-state index in [4.69, 9.17) is 14.6 Å². The van der Waals surface area contributed by atoms with E-state index >= 15 is 0 Å². The molecule has 18 heavy (non-hydrogen) atoms. The Kier molecular flexibility index (Phi) is 2.73. The Labute approximate surface area is 102 Å². The van der Waals surface area contributed by atoms with Gasteiger partial charge in [-0.3, -0.25) is 4.79 Å². The minimum Gasteiger partial charge on any atom is -0.493 e. The Hall–Kier alpha value is -2.11. The average Bonchev–Trinajstić information content (AvgIpc) is 2.61. The van der Waals surface area contributed by atoms with Crippen molar-refractivity contribution in [1.82, 2.24) is 0 Å². The molecule has 0 aliphatic heterocycles. The Morgan fingerprint density at radius 1 is 1.33 bits per heavy atom. The summed E-state index contributed by atoms with van der Waals surface area (Å²) in [6.07, 6.45) is -0.489. The van der Waals surface area contributed by atoms with Crippen molar-refractivity contribution < 1.29 is 28.6 Å². The zero-order chi connectivity index (χ0) is 13.5. The van der Waals surface area contributed by atoms with E-state index in [0.29, 0.717) is 11.3 Å². The first kappa shape index (κ1) is 12.3. The lowest BCUT2D eigenvalue weighted by Crippen LogP contribution is -2.39. The number of methoxy groups -OCH3 is 2. The standard InChI is InChI=1S/C12H11FO5/c1-17-8-3-6-5-12(13,11(15)16)10(14)7(6)4-9(8)18-2/h3-4H,5H2,1-2H3,(H,15,16). The first-order valence-corrected chi connectivity index (χ1v) is 5.16. The van der Waals surface area contributed by atoms with Crippen LogP contribution in [-0.4, -0.2) is 36.7 Å². The van der Waals surface area contributed by atoms with Gasteiger partial charge in [-0.25, -0.2) is 9.18 Å². The van der Waals surface area contributed by atoms with Crippen LogP contribution in [0, 0.1) is 0 Å². The van der Waals surface area contributed by atoms with E-state index in [2.05, 4.69) is 0 Å². The van der Waals surface area contributed by atoms with Crippen LogP contribution in [-0.2, 0) is 11.2 Å². The number of rotatable bonds is 3. The molecule has 0 fully saturated rings. The average molecular weight is 254 g/mol. The van der Waals surface area contributed by atoms with Crippen LogP contribution in [0.2, 0.25) is 0 Å². The molecule has 1 aliphatic rings. The van der Waals surface area contributed by atoms with Gasteiger partial charge in [0, 0.05) is 12.0 Å². The first-order chi connectivity index (χ1) is 8.43. The summed E-state index contributed by atoms with van der Waals surface area (Å²) in [5, 5.41) is 8.81. The fourth-order valence-electron chi connectivity index (χ4n) is 2.01. The molecule has 0 heterocycles. The molecule has 1 N–H and O–H groups in total. The van der Waals surface area contributed by atoms with Crippen molar-refractivity contribution in [3.8, 4) is 11.5 Å². The number of hydrogen-bond acceptors (Lipinski definition) is 4. The fraction of sp³-hybridized carbons (Fsp3) is 0.333. The Bertz CT molecular complexity index is 540. The van der Waals surface area contributed by atoms with Gasteiger partial charge in [-0.05, 0) is 17.7 Å². The number of hydrogen-bond donors (Lipinski definition) is 1. The Morgan fingerprint density at radius 2 is 1.89 bits per heavy atom. The molecule has 1 aromatic rings. The predicted molar refractivity (Wildman–Crippen MR) is 59.1 cm³/mol. The number of Topliss-reactive ketones (excluding diaryl/α,β-unsaturated/α-hetero) is 1. The number of carbonyl (C=O) groups is 2. The number of ketones is 1. The molecule has 0 saturated heterocycles. The normalized spacial score (nSPS) is 21.6. The number of alkyl halides is 1. The van der Waals surface area contributed by atoms with Crippen molar-refractivity contribution in [3.05, 3.63) is 23.3 Å². The molecule has 0 saturated carbocycles. The molecular formula is C12H11FO5. The molecule has 1 atom stereocenters. The summed E-state index contributed by atoms with van der Waals surface area (Å²) in [6.45, 7) is 0. The molecular weight excluding hydrogens is 243 g/mol. The van der Waals surface area contributed by atoms with E-state index in [1.54, 1.807) is 0 Å². The predicted octanol–water partition coefficient (Wildman–Crippen LogP) is 1.24. The molecule has 1 unspecified atom stereocenters. The number of carboxylic acid groups (broad SMARTS) is 1. The van der Waals surface area contributed by atoms with Crippen LogP contribution in [0.25, 0.3) is 0 Å². The van der Waals surface area contributed by atoms with Gasteiger partial charge in [0.1, 0.15) is 0 Å². The Balaban J connectivity index is 2.56. The molecule has 6 heteroatoms. The number of ether oxygens (including phenoxy) is 2. The van der Waals surface area contributed by atoms with Crippen LogP contribution in [0.1, 0.15) is 15.9 Å². The second kappa shape index (κ2) is 3.97. The van der Waals surface area contributed by atoms with Gasteiger partial charge in [0.05, 0.1) is 14.2 Å². The van der Waals surface area contributed by atoms with Crippen LogP contribution in [0.4, 0.5) is 4.39 Å². The van der Waals surface area contributed by atoms with Crippen LogP contribution in [0.3, 0.4) is 0 Å². The van der Waals surface area contributed by atoms with Crippen LogP contribution in [0.5, 0.6) is 11.5 Å². The number of halogens is 1. The van der Waals surface area contributed by atoms with Gasteiger partial charge in [-0.15, -0.1) is 0 Å². The van der Waals surface area contributed by atoms with Gasteiger partial charge in [0.25, 0.3) is 5.67 Å². The zero-order valence-corrected chi connectivity index (χ0v) is 9.82. The summed E-state index contributed by atoms with van der Waals surface area (Å²) in [4.78, 5) is 22.6. The molecule has 5 nitrogen and oxygen atoms in total. The van der Waals surface area contributed by atoms with E-state index in [9.17, 15) is 14.0 Å². The molecule has 2 rings (SSSR count). The summed E-state index contributed by atoms with van der Waals surface area (Å²) in [6, 6.07) is 2.73. The molecule has 0 aromatic heterocycles. The van der Waals surface area contributed by atoms with Gasteiger partial charge in [0.15, 0.2) is 11.5 Å². The lowest BCUT2D eigenvalue weighted by atomic mass is 10.0. The highest BCUT2D eigenvalue weighted by molar-refractivity contribution is 6.18. The molecule has 1 aliphatic carbocycles. The van der Waals surface area contributed by atoms with Gasteiger partial charge >= 0.3 is 5.97 Å². The van der Waals surface area contributed by atoms with E-state index in [1.165, 1.54) is 26.4 Å². The van der Waals surface area contributed by atoms with E-state index in [1.807, 2.05) is 0 Å². The summed E-state index contributed by atoms with van der Waals surface area (Å²) in [5.41, 5.74) is -2.56. The van der Waals surface area contributed by atoms with Crippen molar-refractivity contribution in [2.75, 3.05) is 14.2 Å². The second-order valence-corrected chi connectivity index (χ2v) is 3.98. The lowest BCUT2D eigenvalue weighted by molar-refractivity contribution is -0.147. The number of carboxylic acids is 1. The number of carbonyl (C=O) groups excluding carboxylic acids is 1. The van der Waals surface area contributed by atoms with Gasteiger partial charge < -0.3 is 14.6 Å². The quantitative estimate of drug-likeness (QED) is 0.821. The van der Waals surface area contributed by atoms with Crippen LogP contribution >= 0.6 is 0 Å². The topological polar surface area (TPSA) is 72.8 Å². The van der Waals surface area contributed by atoms with Gasteiger partial charge in [0.2, 0.25) is 5.78 Å². The van der Waals surface area contributed by atoms with Gasteiger partial charge in [-0.2, -0.15) is 0 Å². The molecule has 0 amide bonds. The smallest absolute Gasteiger partial charge is 0.350 e. The highest BCUT2D eigenvalue weighted by atomic mass is 19.1. The summed E-state index contributed by atoms with van der Waals surface area (Å²) >= 11 is 0. The largest absolute Gasteiger partial charge is 0.493 e. The van der Waals surface area contributed by atoms with Crippen molar-refractivity contribution in [3.63, 3.8) is 0 Å². The van der Waals surface area contributed by atoms with E-state index in [-0.39, 0.29) is 11.3 Å². The minimum absolute atomic E-state index is 0.0255. The maximum atomic E-state index is 14.1. The van der Waals surface area contributed by atoms with Crippen molar-refractivity contribution >= 4 is 11.8 Å². The summed E-state index contributed by atoms with van der Waals surface area (Å²) in [5.74, 6) is -2.23. The molecule has 96 valence electrons. The number of aliphatic carboxylic acids is 1. The fourth-order valence-corrected chi connectivity index (χ4v) is 2.01. The van der Waals surface area contributed by atoms with Crippen molar-refractivity contribution in [2.24, 2.45) is 0 Å². The molecule has 0 spiro atoms. The van der Waals surface area contributed by atoms with Crippen LogP contribution in [0.15, 0.2) is 12.1 Å². The molecule has 0 radical (unpaired) electrons. The monoisotopic (exact) mass is 254 g/mol. The third kappa shape index (κ3) is 1.53. The maximum Gasteiger partial charge on any atom is 0.350 e. The highest BCUT2D eigenvalue weighted by Gasteiger charge is 2.53. The van der Waals surface area contributed by atoms with Crippen LogP contribution < -0.4 is 9.47 Å². The molecule has 1 aromatic carbocycles. The Morgan fingerprint density at radius 3 is 2.39 bits per heavy atom. The second-order valence-electron chi connectivity index (χ2n) is 3.98. The minimum atomic E-state index is -2.89. The summed E-state index contributed by atoms with van der Waals surface area (Å²) in [7, 11) is 2.78. The maximum absolute atomic E-state index is 14.1. The van der Waals surface area contributed by atoms with Gasteiger partial charge in [-0.1, -0.05) is 0 Å².